The molecule has 1 aliphatic carbocycles. The Bertz CT molecular complexity index is 1710. The van der Waals surface area contributed by atoms with Gasteiger partial charge in [0.25, 0.3) is 0 Å². The minimum atomic E-state index is -0.131. The molecule has 0 saturated heterocycles. The van der Waals surface area contributed by atoms with Gasteiger partial charge in [-0.15, -0.1) is 0 Å². The first kappa shape index (κ1) is 22.6. The number of hydrogen-bond donors (Lipinski definition) is 0. The summed E-state index contributed by atoms with van der Waals surface area (Å²) in [6, 6.07) is 44.9. The summed E-state index contributed by atoms with van der Waals surface area (Å²) in [5.74, 6) is 0.0592. The van der Waals surface area contributed by atoms with Crippen LogP contribution in [0.1, 0.15) is 23.0 Å². The van der Waals surface area contributed by atoms with Crippen LogP contribution >= 0.6 is 0 Å². The number of carbonyl (C=O) groups is 1. The number of benzene rings is 5. The number of esters is 1. The summed E-state index contributed by atoms with van der Waals surface area (Å²) in [6.07, 6.45) is 0. The van der Waals surface area contributed by atoms with E-state index in [1.165, 1.54) is 45.6 Å². The van der Waals surface area contributed by atoms with E-state index in [4.69, 9.17) is 4.74 Å². The van der Waals surface area contributed by atoms with Crippen LogP contribution < -0.4 is 0 Å². The van der Waals surface area contributed by atoms with Gasteiger partial charge >= 0.3 is 5.97 Å². The molecule has 1 saturated carbocycles. The highest BCUT2D eigenvalue weighted by atomic mass is 16.5. The van der Waals surface area contributed by atoms with Gasteiger partial charge in [-0.25, -0.2) is 0 Å². The van der Waals surface area contributed by atoms with Crippen molar-refractivity contribution in [3.05, 3.63) is 139 Å². The molecular weight excluding hydrogens is 466 g/mol. The van der Waals surface area contributed by atoms with Crippen LogP contribution in [0.5, 0.6) is 0 Å². The Morgan fingerprint density at radius 3 is 1.61 bits per heavy atom. The number of para-hydroxylation sites is 2. The van der Waals surface area contributed by atoms with Gasteiger partial charge in [0.2, 0.25) is 0 Å². The van der Waals surface area contributed by atoms with Crippen LogP contribution in [0, 0.1) is 5.92 Å². The summed E-state index contributed by atoms with van der Waals surface area (Å²) in [5.41, 5.74) is 8.27. The fraction of sp³-hybridized carbons (Fsp3) is 0.114. The monoisotopic (exact) mass is 493 g/mol. The summed E-state index contributed by atoms with van der Waals surface area (Å²) < 4.78 is 7.46. The second-order valence-electron chi connectivity index (χ2n) is 10.0. The summed E-state index contributed by atoms with van der Waals surface area (Å²) >= 11 is 0. The molecule has 7 rings (SSSR count). The van der Waals surface area contributed by atoms with Crippen LogP contribution in [0.25, 0.3) is 38.6 Å². The highest BCUT2D eigenvalue weighted by molar-refractivity contribution is 6.09. The summed E-state index contributed by atoms with van der Waals surface area (Å²) in [6.45, 7) is 0. The van der Waals surface area contributed by atoms with Gasteiger partial charge in [0, 0.05) is 28.3 Å². The molecule has 3 nitrogen and oxygen atoms in total. The van der Waals surface area contributed by atoms with Crippen molar-refractivity contribution in [2.75, 3.05) is 7.11 Å². The zero-order valence-electron chi connectivity index (χ0n) is 21.1. The Labute approximate surface area is 221 Å². The van der Waals surface area contributed by atoms with Crippen LogP contribution in [0.3, 0.4) is 0 Å². The van der Waals surface area contributed by atoms with Gasteiger partial charge < -0.3 is 9.30 Å². The maximum Gasteiger partial charge on any atom is 0.309 e. The summed E-state index contributed by atoms with van der Waals surface area (Å²) in [5, 5.41) is 2.53. The fourth-order valence-corrected chi connectivity index (χ4v) is 6.15. The fourth-order valence-electron chi connectivity index (χ4n) is 6.15. The SMILES string of the molecule is COC(=O)[C@@H]1[C@H](c2ccccc2)[C@H]1c1ccc(-c2ccc(-n3c4ccccc4c4ccccc43)cc2)cc1. The zero-order valence-corrected chi connectivity index (χ0v) is 21.1. The lowest BCUT2D eigenvalue weighted by Gasteiger charge is -2.10. The molecule has 0 N–H and O–H groups in total. The standard InChI is InChI=1S/C35H27NO2/c1-38-35(37)34-32(25-9-3-2-4-10-25)33(34)26-17-15-23(16-18-26)24-19-21-27(22-20-24)36-30-13-7-5-11-28(30)29-12-6-8-14-31(29)36/h2-22,32-34H,1H3/t32-,33-,34-/m1/s1. The van der Waals surface area contributed by atoms with Crippen molar-refractivity contribution in [3.8, 4) is 16.8 Å². The normalized spacial score (nSPS) is 18.5. The molecule has 184 valence electrons. The summed E-state index contributed by atoms with van der Waals surface area (Å²) in [7, 11) is 1.48. The topological polar surface area (TPSA) is 31.2 Å². The Morgan fingerprint density at radius 1 is 0.579 bits per heavy atom. The maximum absolute atomic E-state index is 12.5. The molecule has 1 fully saturated rings. The average molecular weight is 494 g/mol. The zero-order chi connectivity index (χ0) is 25.6. The number of aromatic nitrogens is 1. The molecule has 1 aromatic heterocycles. The molecule has 0 amide bonds. The van der Waals surface area contributed by atoms with Crippen molar-refractivity contribution in [2.24, 2.45) is 5.92 Å². The smallest absolute Gasteiger partial charge is 0.309 e. The number of hydrogen-bond acceptors (Lipinski definition) is 2. The molecule has 3 atom stereocenters. The molecular formula is C35H27NO2. The van der Waals surface area contributed by atoms with E-state index in [-0.39, 0.29) is 23.7 Å². The van der Waals surface area contributed by atoms with Crippen LogP contribution in [-0.4, -0.2) is 17.6 Å². The van der Waals surface area contributed by atoms with Gasteiger partial charge in [-0.3, -0.25) is 4.79 Å². The highest BCUT2D eigenvalue weighted by Crippen LogP contribution is 2.61. The van der Waals surface area contributed by atoms with E-state index in [2.05, 4.69) is 114 Å². The van der Waals surface area contributed by atoms with E-state index in [0.29, 0.717) is 0 Å². The van der Waals surface area contributed by atoms with Crippen molar-refractivity contribution in [3.63, 3.8) is 0 Å². The van der Waals surface area contributed by atoms with E-state index in [1.807, 2.05) is 18.2 Å². The molecule has 0 radical (unpaired) electrons. The second-order valence-corrected chi connectivity index (χ2v) is 10.0. The largest absolute Gasteiger partial charge is 0.469 e. The van der Waals surface area contributed by atoms with Crippen molar-refractivity contribution in [2.45, 2.75) is 11.8 Å². The first-order valence-corrected chi connectivity index (χ1v) is 13.1. The molecule has 0 spiro atoms. The molecule has 0 bridgehead atoms. The molecule has 3 heteroatoms. The van der Waals surface area contributed by atoms with E-state index in [1.54, 1.807) is 0 Å². The molecule has 0 unspecified atom stereocenters. The highest BCUT2D eigenvalue weighted by Gasteiger charge is 2.56. The molecule has 6 aromatic rings. The Balaban J connectivity index is 1.19. The predicted molar refractivity (Wildman–Crippen MR) is 154 cm³/mol. The lowest BCUT2D eigenvalue weighted by atomic mass is 10.00. The Kier molecular flexibility index (Phi) is 5.36. The van der Waals surface area contributed by atoms with Crippen molar-refractivity contribution >= 4 is 27.8 Å². The quantitative estimate of drug-likeness (QED) is 0.227. The third kappa shape index (κ3) is 3.62. The predicted octanol–water partition coefficient (Wildman–Crippen LogP) is 8.12. The Morgan fingerprint density at radius 2 is 1.05 bits per heavy atom. The lowest BCUT2D eigenvalue weighted by molar-refractivity contribution is -0.142. The summed E-state index contributed by atoms with van der Waals surface area (Å²) in [4.78, 5) is 12.5. The van der Waals surface area contributed by atoms with Gasteiger partial charge in [-0.2, -0.15) is 0 Å². The number of nitrogens with zero attached hydrogens (tertiary/aromatic N) is 1. The maximum atomic E-state index is 12.5. The minimum absolute atomic E-state index is 0.126. The average Bonchev–Trinajstić information content (AvgIpc) is 3.65. The number of methoxy groups -OCH3 is 1. The number of fused-ring (bicyclic) bond motifs is 3. The van der Waals surface area contributed by atoms with Crippen LogP contribution in [0.4, 0.5) is 0 Å². The first-order chi connectivity index (χ1) is 18.7. The molecule has 1 heterocycles. The van der Waals surface area contributed by atoms with Crippen molar-refractivity contribution in [1.82, 2.24) is 4.57 Å². The molecule has 38 heavy (non-hydrogen) atoms. The number of rotatable bonds is 5. The van der Waals surface area contributed by atoms with Gasteiger partial charge in [0.15, 0.2) is 0 Å². The van der Waals surface area contributed by atoms with Gasteiger partial charge in [0.1, 0.15) is 0 Å². The first-order valence-electron chi connectivity index (χ1n) is 13.1. The van der Waals surface area contributed by atoms with E-state index in [9.17, 15) is 4.79 Å². The van der Waals surface area contributed by atoms with Crippen LogP contribution in [0.15, 0.2) is 127 Å². The van der Waals surface area contributed by atoms with Crippen molar-refractivity contribution in [1.29, 1.82) is 0 Å². The van der Waals surface area contributed by atoms with Gasteiger partial charge in [-0.05, 0) is 46.5 Å². The molecule has 0 aliphatic heterocycles. The lowest BCUT2D eigenvalue weighted by Crippen LogP contribution is -2.05. The minimum Gasteiger partial charge on any atom is -0.469 e. The number of carbonyl (C=O) groups excluding carboxylic acids is 1. The van der Waals surface area contributed by atoms with Gasteiger partial charge in [0.05, 0.1) is 24.1 Å². The third-order valence-corrected chi connectivity index (χ3v) is 8.01. The van der Waals surface area contributed by atoms with E-state index in [0.717, 1.165) is 11.3 Å². The van der Waals surface area contributed by atoms with Crippen LogP contribution in [0.2, 0.25) is 0 Å². The van der Waals surface area contributed by atoms with Gasteiger partial charge in [-0.1, -0.05) is 103 Å². The van der Waals surface area contributed by atoms with Crippen molar-refractivity contribution < 1.29 is 9.53 Å². The Hall–Kier alpha value is -4.63. The number of ether oxygens (including phenoxy) is 1. The third-order valence-electron chi connectivity index (χ3n) is 8.01. The van der Waals surface area contributed by atoms with Crippen LogP contribution in [-0.2, 0) is 9.53 Å². The van der Waals surface area contributed by atoms with E-state index >= 15 is 0 Å². The second kappa shape index (κ2) is 9.04. The molecule has 5 aromatic carbocycles. The van der Waals surface area contributed by atoms with E-state index < -0.39 is 0 Å². The molecule has 1 aliphatic rings.